The Bertz CT molecular complexity index is 464. The van der Waals surface area contributed by atoms with Gasteiger partial charge in [-0.1, -0.05) is 32.0 Å². The van der Waals surface area contributed by atoms with Crippen LogP contribution in [0, 0.1) is 11.8 Å². The fraction of sp³-hybridized carbons (Fsp3) is 0.647. The highest BCUT2D eigenvalue weighted by atomic mass is 16.5. The highest BCUT2D eigenvalue weighted by Gasteiger charge is 2.49. The van der Waals surface area contributed by atoms with E-state index in [1.54, 1.807) is 0 Å². The molecule has 0 unspecified atom stereocenters. The molecule has 0 bridgehead atoms. The lowest BCUT2D eigenvalue weighted by atomic mass is 9.78. The minimum atomic E-state index is -0.134. The van der Waals surface area contributed by atoms with Crippen molar-refractivity contribution < 1.29 is 9.47 Å². The van der Waals surface area contributed by atoms with Gasteiger partial charge in [0.25, 0.3) is 0 Å². The van der Waals surface area contributed by atoms with E-state index < -0.39 is 0 Å². The second kappa shape index (κ2) is 4.52. The van der Waals surface area contributed by atoms with Crippen LogP contribution in [0.15, 0.2) is 24.3 Å². The Morgan fingerprint density at radius 3 is 2.74 bits per heavy atom. The zero-order valence-electron chi connectivity index (χ0n) is 12.3. The standard InChI is InChI=1S/C17H24O2/c1-11(2)9-12-10-14-16(18-12)13-7-5-6-8-15(13)19-17(14,3)4/h5-8,11-12,14,16H,9-10H2,1-4H3/t12-,14+,16-/m0/s1. The molecule has 0 spiro atoms. The Balaban J connectivity index is 1.91. The molecule has 0 amide bonds. The van der Waals surface area contributed by atoms with Gasteiger partial charge < -0.3 is 9.47 Å². The summed E-state index contributed by atoms with van der Waals surface area (Å²) in [6.45, 7) is 8.92. The van der Waals surface area contributed by atoms with E-state index in [0.29, 0.717) is 17.9 Å². The second-order valence-electron chi connectivity index (χ2n) is 6.89. The first-order valence-corrected chi connectivity index (χ1v) is 7.41. The predicted molar refractivity (Wildman–Crippen MR) is 76.3 cm³/mol. The molecular weight excluding hydrogens is 236 g/mol. The maximum Gasteiger partial charge on any atom is 0.125 e. The Labute approximate surface area is 116 Å². The summed E-state index contributed by atoms with van der Waals surface area (Å²) < 4.78 is 12.6. The van der Waals surface area contributed by atoms with Crippen molar-refractivity contribution in [1.82, 2.24) is 0 Å². The molecule has 2 heterocycles. The number of rotatable bonds is 2. The van der Waals surface area contributed by atoms with E-state index in [9.17, 15) is 0 Å². The van der Waals surface area contributed by atoms with E-state index in [1.807, 2.05) is 6.07 Å². The van der Waals surface area contributed by atoms with Gasteiger partial charge in [0, 0.05) is 11.5 Å². The van der Waals surface area contributed by atoms with Gasteiger partial charge in [-0.05, 0) is 38.7 Å². The normalized spacial score (nSPS) is 31.7. The molecular formula is C17H24O2. The summed E-state index contributed by atoms with van der Waals surface area (Å²) >= 11 is 0. The molecule has 0 radical (unpaired) electrons. The van der Waals surface area contributed by atoms with Crippen LogP contribution in [-0.2, 0) is 4.74 Å². The summed E-state index contributed by atoms with van der Waals surface area (Å²) in [4.78, 5) is 0. The monoisotopic (exact) mass is 260 g/mol. The van der Waals surface area contributed by atoms with Gasteiger partial charge in [0.1, 0.15) is 11.4 Å². The zero-order chi connectivity index (χ0) is 13.6. The summed E-state index contributed by atoms with van der Waals surface area (Å²) in [5.74, 6) is 2.15. The van der Waals surface area contributed by atoms with Crippen LogP contribution in [0.3, 0.4) is 0 Å². The molecule has 104 valence electrons. The summed E-state index contributed by atoms with van der Waals surface area (Å²) in [5.41, 5.74) is 1.10. The topological polar surface area (TPSA) is 18.5 Å². The average molecular weight is 260 g/mol. The van der Waals surface area contributed by atoms with Crippen LogP contribution in [0.5, 0.6) is 5.75 Å². The molecule has 2 aliphatic heterocycles. The lowest BCUT2D eigenvalue weighted by molar-refractivity contribution is -0.0439. The number of fused-ring (bicyclic) bond motifs is 3. The number of hydrogen-bond acceptors (Lipinski definition) is 2. The zero-order valence-corrected chi connectivity index (χ0v) is 12.3. The molecule has 1 fully saturated rings. The highest BCUT2D eigenvalue weighted by molar-refractivity contribution is 5.39. The Hall–Kier alpha value is -1.02. The van der Waals surface area contributed by atoms with Crippen LogP contribution in [-0.4, -0.2) is 11.7 Å². The summed E-state index contributed by atoms with van der Waals surface area (Å²) in [6.07, 6.45) is 2.85. The SMILES string of the molecule is CC(C)C[C@H]1C[C@@H]2[C@@H](O1)c1ccccc1OC2(C)C. The summed E-state index contributed by atoms with van der Waals surface area (Å²) in [7, 11) is 0. The first-order valence-electron chi connectivity index (χ1n) is 7.41. The van der Waals surface area contributed by atoms with Crippen LogP contribution >= 0.6 is 0 Å². The van der Waals surface area contributed by atoms with E-state index in [4.69, 9.17) is 9.47 Å². The third kappa shape index (κ3) is 2.27. The molecule has 0 aromatic heterocycles. The van der Waals surface area contributed by atoms with Crippen LogP contribution in [0.25, 0.3) is 0 Å². The van der Waals surface area contributed by atoms with Crippen molar-refractivity contribution in [3.63, 3.8) is 0 Å². The van der Waals surface area contributed by atoms with E-state index in [-0.39, 0.29) is 11.7 Å². The van der Waals surface area contributed by atoms with E-state index in [1.165, 1.54) is 5.56 Å². The Morgan fingerprint density at radius 2 is 2.00 bits per heavy atom. The Morgan fingerprint density at radius 1 is 1.26 bits per heavy atom. The largest absolute Gasteiger partial charge is 0.487 e. The molecule has 19 heavy (non-hydrogen) atoms. The van der Waals surface area contributed by atoms with Crippen LogP contribution in [0.1, 0.15) is 52.2 Å². The Kier molecular flexibility index (Phi) is 3.09. The van der Waals surface area contributed by atoms with Gasteiger partial charge in [0.2, 0.25) is 0 Å². The fourth-order valence-electron chi connectivity index (χ4n) is 3.55. The van der Waals surface area contributed by atoms with Gasteiger partial charge in [-0.25, -0.2) is 0 Å². The molecule has 1 saturated heterocycles. The van der Waals surface area contributed by atoms with E-state index in [0.717, 1.165) is 18.6 Å². The molecule has 2 nitrogen and oxygen atoms in total. The maximum atomic E-state index is 6.36. The van der Waals surface area contributed by atoms with Crippen molar-refractivity contribution in [3.05, 3.63) is 29.8 Å². The average Bonchev–Trinajstić information content (AvgIpc) is 2.72. The number of hydrogen-bond donors (Lipinski definition) is 0. The van der Waals surface area contributed by atoms with Crippen molar-refractivity contribution in [2.24, 2.45) is 11.8 Å². The molecule has 1 aromatic carbocycles. The third-order valence-corrected chi connectivity index (χ3v) is 4.45. The predicted octanol–water partition coefficient (Wildman–Crippen LogP) is 4.35. The lowest BCUT2D eigenvalue weighted by Gasteiger charge is -2.40. The van der Waals surface area contributed by atoms with Crippen LogP contribution in [0.2, 0.25) is 0 Å². The van der Waals surface area contributed by atoms with Gasteiger partial charge in [0.05, 0.1) is 12.2 Å². The minimum Gasteiger partial charge on any atom is -0.487 e. The quantitative estimate of drug-likeness (QED) is 0.787. The van der Waals surface area contributed by atoms with Crippen molar-refractivity contribution in [1.29, 1.82) is 0 Å². The number of benzene rings is 1. The van der Waals surface area contributed by atoms with E-state index in [2.05, 4.69) is 45.9 Å². The van der Waals surface area contributed by atoms with Crippen molar-refractivity contribution in [3.8, 4) is 5.75 Å². The fourth-order valence-corrected chi connectivity index (χ4v) is 3.55. The molecule has 0 N–H and O–H groups in total. The summed E-state index contributed by atoms with van der Waals surface area (Å²) in [5, 5.41) is 0. The molecule has 1 aromatic rings. The highest BCUT2D eigenvalue weighted by Crippen LogP contribution is 2.52. The van der Waals surface area contributed by atoms with Gasteiger partial charge in [-0.15, -0.1) is 0 Å². The van der Waals surface area contributed by atoms with Crippen molar-refractivity contribution in [2.75, 3.05) is 0 Å². The molecule has 2 heteroatoms. The third-order valence-electron chi connectivity index (χ3n) is 4.45. The minimum absolute atomic E-state index is 0.134. The first-order chi connectivity index (χ1) is 8.97. The molecule has 3 atom stereocenters. The van der Waals surface area contributed by atoms with Gasteiger partial charge >= 0.3 is 0 Å². The van der Waals surface area contributed by atoms with Crippen LogP contribution < -0.4 is 4.74 Å². The van der Waals surface area contributed by atoms with Crippen molar-refractivity contribution in [2.45, 2.75) is 58.3 Å². The van der Waals surface area contributed by atoms with Gasteiger partial charge in [-0.2, -0.15) is 0 Å². The number of ether oxygens (including phenoxy) is 2. The molecule has 2 aliphatic rings. The summed E-state index contributed by atoms with van der Waals surface area (Å²) in [6, 6.07) is 8.33. The van der Waals surface area contributed by atoms with E-state index >= 15 is 0 Å². The smallest absolute Gasteiger partial charge is 0.125 e. The first kappa shape index (κ1) is 13.0. The maximum absolute atomic E-state index is 6.36. The second-order valence-corrected chi connectivity index (χ2v) is 6.89. The lowest BCUT2D eigenvalue weighted by Crippen LogP contribution is -2.42. The molecule has 3 rings (SSSR count). The number of para-hydroxylation sites is 1. The van der Waals surface area contributed by atoms with Gasteiger partial charge in [-0.3, -0.25) is 0 Å². The van der Waals surface area contributed by atoms with Crippen LogP contribution in [0.4, 0.5) is 0 Å². The van der Waals surface area contributed by atoms with Crippen molar-refractivity contribution >= 4 is 0 Å². The van der Waals surface area contributed by atoms with Gasteiger partial charge in [0.15, 0.2) is 0 Å². The molecule has 0 saturated carbocycles. The molecule has 0 aliphatic carbocycles.